The maximum Gasteiger partial charge on any atom is 0.223 e. The fourth-order valence-electron chi connectivity index (χ4n) is 3.18. The second-order valence-electron chi connectivity index (χ2n) is 5.86. The van der Waals surface area contributed by atoms with Gasteiger partial charge in [-0.15, -0.1) is 11.3 Å². The predicted octanol–water partition coefficient (Wildman–Crippen LogP) is 3.70. The van der Waals surface area contributed by atoms with Crippen molar-refractivity contribution in [2.45, 2.75) is 44.6 Å². The normalized spacial score (nSPS) is 17.8. The molecule has 0 radical (unpaired) electrons. The van der Waals surface area contributed by atoms with Gasteiger partial charge in [0.2, 0.25) is 5.91 Å². The third-order valence-corrected chi connectivity index (χ3v) is 5.31. The van der Waals surface area contributed by atoms with E-state index in [1.807, 2.05) is 12.4 Å². The molecule has 3 heterocycles. The molecule has 0 aromatic carbocycles. The van der Waals surface area contributed by atoms with Gasteiger partial charge in [0.15, 0.2) is 0 Å². The summed E-state index contributed by atoms with van der Waals surface area (Å²) < 4.78 is 0. The molecule has 1 unspecified atom stereocenters. The summed E-state index contributed by atoms with van der Waals surface area (Å²) in [6.07, 6.45) is 9.59. The number of rotatable bonds is 6. The van der Waals surface area contributed by atoms with Crippen molar-refractivity contribution in [1.82, 2.24) is 9.88 Å². The maximum atomic E-state index is 12.5. The Hall–Kier alpha value is -1.68. The molecule has 2 aromatic heterocycles. The topological polar surface area (TPSA) is 33.2 Å². The SMILES string of the molecule is O=C(CCc1cccs1)N1CCCC1CCc1ccncc1. The average Bonchev–Trinajstić information content (AvgIpc) is 3.23. The van der Waals surface area contributed by atoms with Gasteiger partial charge in [-0.1, -0.05) is 6.07 Å². The number of carbonyl (C=O) groups excluding carboxylic acids is 1. The zero-order chi connectivity index (χ0) is 15.2. The molecule has 1 amide bonds. The number of nitrogens with zero attached hydrogens (tertiary/aromatic N) is 2. The van der Waals surface area contributed by atoms with Crippen LogP contribution >= 0.6 is 11.3 Å². The molecule has 22 heavy (non-hydrogen) atoms. The largest absolute Gasteiger partial charge is 0.340 e. The fourth-order valence-corrected chi connectivity index (χ4v) is 3.88. The van der Waals surface area contributed by atoms with Crippen molar-refractivity contribution in [1.29, 1.82) is 0 Å². The first kappa shape index (κ1) is 15.2. The molecule has 4 heteroatoms. The third kappa shape index (κ3) is 3.95. The molecule has 1 saturated heterocycles. The highest BCUT2D eigenvalue weighted by Gasteiger charge is 2.27. The molecular weight excluding hydrogens is 292 g/mol. The molecule has 2 aromatic rings. The Bertz CT molecular complexity index is 582. The van der Waals surface area contributed by atoms with Crippen LogP contribution in [-0.2, 0) is 17.6 Å². The van der Waals surface area contributed by atoms with Gasteiger partial charge in [0.1, 0.15) is 0 Å². The van der Waals surface area contributed by atoms with E-state index in [2.05, 4.69) is 39.5 Å². The Morgan fingerprint density at radius 2 is 2.14 bits per heavy atom. The maximum absolute atomic E-state index is 12.5. The van der Waals surface area contributed by atoms with Crippen LogP contribution in [0.3, 0.4) is 0 Å². The molecule has 0 aliphatic carbocycles. The zero-order valence-corrected chi connectivity index (χ0v) is 13.6. The lowest BCUT2D eigenvalue weighted by atomic mass is 10.0. The van der Waals surface area contributed by atoms with Crippen LogP contribution in [0.5, 0.6) is 0 Å². The van der Waals surface area contributed by atoms with Crippen molar-refractivity contribution in [3.63, 3.8) is 0 Å². The summed E-state index contributed by atoms with van der Waals surface area (Å²) in [5, 5.41) is 2.08. The highest BCUT2D eigenvalue weighted by molar-refractivity contribution is 7.09. The van der Waals surface area contributed by atoms with Gasteiger partial charge in [0.25, 0.3) is 0 Å². The van der Waals surface area contributed by atoms with Crippen LogP contribution in [0.4, 0.5) is 0 Å². The van der Waals surface area contributed by atoms with E-state index in [1.54, 1.807) is 11.3 Å². The van der Waals surface area contributed by atoms with Crippen molar-refractivity contribution < 1.29 is 4.79 Å². The van der Waals surface area contributed by atoms with Crippen molar-refractivity contribution in [2.24, 2.45) is 0 Å². The monoisotopic (exact) mass is 314 g/mol. The number of aromatic nitrogens is 1. The van der Waals surface area contributed by atoms with Gasteiger partial charge in [0, 0.05) is 36.3 Å². The summed E-state index contributed by atoms with van der Waals surface area (Å²) in [6, 6.07) is 8.72. The summed E-state index contributed by atoms with van der Waals surface area (Å²) in [5.74, 6) is 0.325. The minimum absolute atomic E-state index is 0.325. The van der Waals surface area contributed by atoms with Crippen LogP contribution in [0.1, 0.15) is 36.1 Å². The summed E-state index contributed by atoms with van der Waals surface area (Å²) in [6.45, 7) is 0.935. The van der Waals surface area contributed by atoms with Crippen molar-refractivity contribution in [2.75, 3.05) is 6.54 Å². The Morgan fingerprint density at radius 1 is 1.27 bits per heavy atom. The highest BCUT2D eigenvalue weighted by Crippen LogP contribution is 2.23. The Balaban J connectivity index is 1.50. The molecule has 1 fully saturated rings. The van der Waals surface area contributed by atoms with Crippen molar-refractivity contribution >= 4 is 17.2 Å². The van der Waals surface area contributed by atoms with Gasteiger partial charge < -0.3 is 4.90 Å². The number of aryl methyl sites for hydroxylation is 2. The minimum Gasteiger partial charge on any atom is -0.340 e. The lowest BCUT2D eigenvalue weighted by Crippen LogP contribution is -2.35. The van der Waals surface area contributed by atoms with Crippen LogP contribution in [0, 0.1) is 0 Å². The first-order valence-corrected chi connectivity index (χ1v) is 8.91. The number of pyridine rings is 1. The lowest BCUT2D eigenvalue weighted by molar-refractivity contribution is -0.132. The molecule has 0 saturated carbocycles. The second-order valence-corrected chi connectivity index (χ2v) is 6.89. The Labute approximate surface area is 136 Å². The van der Waals surface area contributed by atoms with E-state index in [0.29, 0.717) is 18.4 Å². The van der Waals surface area contributed by atoms with Crippen LogP contribution in [0.15, 0.2) is 42.0 Å². The van der Waals surface area contributed by atoms with E-state index in [4.69, 9.17) is 0 Å². The number of amides is 1. The van der Waals surface area contributed by atoms with Gasteiger partial charge >= 0.3 is 0 Å². The second kappa shape index (κ2) is 7.54. The first-order valence-electron chi connectivity index (χ1n) is 8.03. The summed E-state index contributed by atoms with van der Waals surface area (Å²) in [4.78, 5) is 20.0. The summed E-state index contributed by atoms with van der Waals surface area (Å²) in [5.41, 5.74) is 1.31. The molecule has 0 bridgehead atoms. The van der Waals surface area contributed by atoms with Gasteiger partial charge in [-0.3, -0.25) is 9.78 Å². The smallest absolute Gasteiger partial charge is 0.223 e. The molecule has 1 aliphatic rings. The Morgan fingerprint density at radius 3 is 2.91 bits per heavy atom. The zero-order valence-electron chi connectivity index (χ0n) is 12.8. The van der Waals surface area contributed by atoms with Crippen LogP contribution in [0.2, 0.25) is 0 Å². The number of likely N-dealkylation sites (tertiary alicyclic amines) is 1. The average molecular weight is 314 g/mol. The molecule has 1 atom stereocenters. The molecule has 1 aliphatic heterocycles. The van der Waals surface area contributed by atoms with E-state index in [-0.39, 0.29) is 0 Å². The highest BCUT2D eigenvalue weighted by atomic mass is 32.1. The minimum atomic E-state index is 0.325. The van der Waals surface area contributed by atoms with Crippen LogP contribution in [-0.4, -0.2) is 28.4 Å². The molecule has 0 N–H and O–H groups in total. The molecule has 0 spiro atoms. The van der Waals surface area contributed by atoms with Gasteiger partial charge in [0.05, 0.1) is 0 Å². The van der Waals surface area contributed by atoms with E-state index in [1.165, 1.54) is 10.4 Å². The van der Waals surface area contributed by atoms with Gasteiger partial charge in [-0.25, -0.2) is 0 Å². The number of hydrogen-bond donors (Lipinski definition) is 0. The van der Waals surface area contributed by atoms with Crippen LogP contribution in [0.25, 0.3) is 0 Å². The predicted molar refractivity (Wildman–Crippen MR) is 89.9 cm³/mol. The number of hydrogen-bond acceptors (Lipinski definition) is 3. The van der Waals surface area contributed by atoms with Crippen molar-refractivity contribution in [3.8, 4) is 0 Å². The van der Waals surface area contributed by atoms with Gasteiger partial charge in [-0.05, 0) is 61.2 Å². The van der Waals surface area contributed by atoms with E-state index in [9.17, 15) is 4.79 Å². The molecular formula is C18H22N2OS. The van der Waals surface area contributed by atoms with E-state index in [0.717, 1.165) is 38.6 Å². The Kier molecular flexibility index (Phi) is 5.22. The van der Waals surface area contributed by atoms with Crippen LogP contribution < -0.4 is 0 Å². The van der Waals surface area contributed by atoms with Gasteiger partial charge in [-0.2, -0.15) is 0 Å². The summed E-state index contributed by atoms with van der Waals surface area (Å²) in [7, 11) is 0. The molecule has 3 nitrogen and oxygen atoms in total. The van der Waals surface area contributed by atoms with E-state index >= 15 is 0 Å². The van der Waals surface area contributed by atoms with Crippen molar-refractivity contribution in [3.05, 3.63) is 52.5 Å². The summed E-state index contributed by atoms with van der Waals surface area (Å²) >= 11 is 1.74. The quantitative estimate of drug-likeness (QED) is 0.814. The lowest BCUT2D eigenvalue weighted by Gasteiger charge is -2.25. The standard InChI is InChI=1S/C18H22N2OS/c21-18(8-7-17-4-2-14-22-17)20-13-1-3-16(20)6-5-15-9-11-19-12-10-15/h2,4,9-12,14,16H,1,3,5-8,13H2. The first-order chi connectivity index (χ1) is 10.8. The fraction of sp³-hybridized carbons (Fsp3) is 0.444. The number of carbonyl (C=O) groups is 1. The number of thiophene rings is 1. The molecule has 3 rings (SSSR count). The third-order valence-electron chi connectivity index (χ3n) is 4.38. The van der Waals surface area contributed by atoms with E-state index < -0.39 is 0 Å². The molecule has 116 valence electrons.